The summed E-state index contributed by atoms with van der Waals surface area (Å²) >= 11 is 0. The van der Waals surface area contributed by atoms with E-state index in [0.29, 0.717) is 5.69 Å². The van der Waals surface area contributed by atoms with Crippen LogP contribution < -0.4 is 4.90 Å². The molecule has 0 atom stereocenters. The van der Waals surface area contributed by atoms with Gasteiger partial charge < -0.3 is 10.0 Å². The van der Waals surface area contributed by atoms with Crippen molar-refractivity contribution in [3.8, 4) is 0 Å². The Balaban J connectivity index is 2.71. The number of anilines is 1. The lowest BCUT2D eigenvalue weighted by molar-refractivity contribution is 0.275. The predicted molar refractivity (Wildman–Crippen MR) is 56.0 cm³/mol. The first-order valence-electron chi connectivity index (χ1n) is 4.42. The Morgan fingerprint density at radius 1 is 1.50 bits per heavy atom. The summed E-state index contributed by atoms with van der Waals surface area (Å²) in [6.07, 6.45) is 0. The fourth-order valence-electron chi connectivity index (χ4n) is 1.13. The van der Waals surface area contributed by atoms with Gasteiger partial charge in [0.1, 0.15) is 0 Å². The van der Waals surface area contributed by atoms with Crippen LogP contribution in [-0.2, 0) is 6.61 Å². The van der Waals surface area contributed by atoms with Gasteiger partial charge in [-0.25, -0.2) is 0 Å². The lowest BCUT2D eigenvalue weighted by Crippen LogP contribution is -2.20. The first kappa shape index (κ1) is 10.7. The molecule has 14 heavy (non-hydrogen) atoms. The fourth-order valence-corrected chi connectivity index (χ4v) is 1.13. The molecule has 0 bridgehead atoms. The molecule has 0 aromatic carbocycles. The molecule has 0 saturated heterocycles. The molecule has 4 heteroatoms. The number of hydrogen-bond acceptors (Lipinski definition) is 4. The zero-order valence-corrected chi connectivity index (χ0v) is 8.56. The van der Waals surface area contributed by atoms with Gasteiger partial charge in [0.05, 0.1) is 12.3 Å². The van der Waals surface area contributed by atoms with Crippen molar-refractivity contribution < 1.29 is 5.11 Å². The van der Waals surface area contributed by atoms with E-state index in [-0.39, 0.29) is 6.61 Å². The summed E-state index contributed by atoms with van der Waals surface area (Å²) in [6.45, 7) is 6.47. The molecule has 1 aromatic rings. The van der Waals surface area contributed by atoms with E-state index in [4.69, 9.17) is 5.11 Å². The number of rotatable bonds is 4. The van der Waals surface area contributed by atoms with Gasteiger partial charge in [0.2, 0.25) is 0 Å². The summed E-state index contributed by atoms with van der Waals surface area (Å²) in [5.41, 5.74) is 1.65. The smallest absolute Gasteiger partial charge is 0.151 e. The Bertz CT molecular complexity index is 308. The highest BCUT2D eigenvalue weighted by Gasteiger charge is 2.02. The summed E-state index contributed by atoms with van der Waals surface area (Å²) in [7, 11) is 1.93. The Kier molecular flexibility index (Phi) is 3.59. The minimum atomic E-state index is -0.0719. The molecule has 1 aromatic heterocycles. The van der Waals surface area contributed by atoms with Crippen LogP contribution in [-0.4, -0.2) is 28.9 Å². The van der Waals surface area contributed by atoms with Crippen molar-refractivity contribution in [1.29, 1.82) is 0 Å². The van der Waals surface area contributed by atoms with Crippen molar-refractivity contribution in [2.45, 2.75) is 13.5 Å². The number of hydrogen-bond donors (Lipinski definition) is 1. The van der Waals surface area contributed by atoms with Crippen LogP contribution in [0, 0.1) is 0 Å². The van der Waals surface area contributed by atoms with Crippen LogP contribution >= 0.6 is 0 Å². The van der Waals surface area contributed by atoms with E-state index in [1.807, 2.05) is 24.9 Å². The number of aliphatic hydroxyl groups is 1. The van der Waals surface area contributed by atoms with Crippen LogP contribution in [0.2, 0.25) is 0 Å². The van der Waals surface area contributed by atoms with Gasteiger partial charge >= 0.3 is 0 Å². The molecule has 1 rings (SSSR count). The van der Waals surface area contributed by atoms with E-state index >= 15 is 0 Å². The van der Waals surface area contributed by atoms with Crippen molar-refractivity contribution >= 4 is 5.82 Å². The Morgan fingerprint density at radius 2 is 2.21 bits per heavy atom. The Hall–Kier alpha value is -1.42. The maximum Gasteiger partial charge on any atom is 0.151 e. The minimum Gasteiger partial charge on any atom is -0.390 e. The maximum atomic E-state index is 8.78. The van der Waals surface area contributed by atoms with Crippen LogP contribution in [0.3, 0.4) is 0 Å². The summed E-state index contributed by atoms with van der Waals surface area (Å²) in [5, 5.41) is 16.6. The molecule has 0 radical (unpaired) electrons. The summed E-state index contributed by atoms with van der Waals surface area (Å²) in [4.78, 5) is 1.95. The van der Waals surface area contributed by atoms with E-state index < -0.39 is 0 Å². The van der Waals surface area contributed by atoms with E-state index in [0.717, 1.165) is 17.9 Å². The average molecular weight is 193 g/mol. The van der Waals surface area contributed by atoms with Crippen LogP contribution in [0.25, 0.3) is 0 Å². The van der Waals surface area contributed by atoms with Gasteiger partial charge in [0.15, 0.2) is 5.82 Å². The van der Waals surface area contributed by atoms with Crippen molar-refractivity contribution in [2.24, 2.45) is 0 Å². The zero-order valence-electron chi connectivity index (χ0n) is 8.56. The number of aliphatic hydroxyl groups excluding tert-OH is 1. The van der Waals surface area contributed by atoms with E-state index in [1.54, 1.807) is 6.07 Å². The number of nitrogens with zero attached hydrogens (tertiary/aromatic N) is 3. The van der Waals surface area contributed by atoms with Crippen molar-refractivity contribution in [2.75, 3.05) is 18.5 Å². The van der Waals surface area contributed by atoms with Crippen LogP contribution in [0.1, 0.15) is 12.6 Å². The van der Waals surface area contributed by atoms with E-state index in [1.165, 1.54) is 0 Å². The molecule has 0 saturated carbocycles. The molecule has 0 aliphatic carbocycles. The summed E-state index contributed by atoms with van der Waals surface area (Å²) in [5.74, 6) is 0.783. The molecule has 0 aliphatic heterocycles. The van der Waals surface area contributed by atoms with Crippen molar-refractivity contribution in [1.82, 2.24) is 10.2 Å². The third kappa shape index (κ3) is 2.81. The Labute approximate surface area is 83.9 Å². The molecule has 0 fully saturated rings. The van der Waals surface area contributed by atoms with E-state index in [9.17, 15) is 0 Å². The van der Waals surface area contributed by atoms with Gasteiger partial charge in [0.25, 0.3) is 0 Å². The van der Waals surface area contributed by atoms with Crippen LogP contribution in [0.5, 0.6) is 0 Å². The third-order valence-corrected chi connectivity index (χ3v) is 1.77. The van der Waals surface area contributed by atoms with E-state index in [2.05, 4.69) is 16.8 Å². The highest BCUT2D eigenvalue weighted by atomic mass is 16.3. The molecule has 0 unspecified atom stereocenters. The zero-order chi connectivity index (χ0) is 10.6. The number of likely N-dealkylation sites (N-methyl/N-ethyl adjacent to an activating group) is 1. The Morgan fingerprint density at radius 3 is 2.64 bits per heavy atom. The third-order valence-electron chi connectivity index (χ3n) is 1.77. The molecule has 4 nitrogen and oxygen atoms in total. The molecular formula is C10H15N3O. The fraction of sp³-hybridized carbons (Fsp3) is 0.400. The maximum absolute atomic E-state index is 8.78. The summed E-state index contributed by atoms with van der Waals surface area (Å²) < 4.78 is 0. The standard InChI is InChI=1S/C10H15N3O/c1-8(2)6-13(3)10-5-4-9(7-14)11-12-10/h4-5,14H,1,6-7H2,2-3H3. The molecule has 76 valence electrons. The normalized spacial score (nSPS) is 9.93. The molecule has 1 heterocycles. The first-order valence-corrected chi connectivity index (χ1v) is 4.42. The minimum absolute atomic E-state index is 0.0719. The second-order valence-corrected chi connectivity index (χ2v) is 3.35. The van der Waals surface area contributed by atoms with Gasteiger partial charge in [-0.15, -0.1) is 5.10 Å². The predicted octanol–water partition coefficient (Wildman–Crippen LogP) is 0.981. The molecule has 1 N–H and O–H groups in total. The van der Waals surface area contributed by atoms with Gasteiger partial charge in [-0.2, -0.15) is 5.10 Å². The van der Waals surface area contributed by atoms with Gasteiger partial charge in [-0.3, -0.25) is 0 Å². The first-order chi connectivity index (χ1) is 6.63. The number of aromatic nitrogens is 2. The molecule has 0 aliphatic rings. The lowest BCUT2D eigenvalue weighted by atomic mass is 10.3. The largest absolute Gasteiger partial charge is 0.390 e. The van der Waals surface area contributed by atoms with Crippen LogP contribution in [0.4, 0.5) is 5.82 Å². The van der Waals surface area contributed by atoms with Gasteiger partial charge in [0, 0.05) is 13.6 Å². The van der Waals surface area contributed by atoms with Crippen molar-refractivity contribution in [3.63, 3.8) is 0 Å². The monoisotopic (exact) mass is 193 g/mol. The quantitative estimate of drug-likeness (QED) is 0.724. The van der Waals surface area contributed by atoms with Crippen molar-refractivity contribution in [3.05, 3.63) is 30.0 Å². The van der Waals surface area contributed by atoms with Crippen LogP contribution in [0.15, 0.2) is 24.3 Å². The average Bonchev–Trinajstić information content (AvgIpc) is 2.17. The van der Waals surface area contributed by atoms with Gasteiger partial charge in [-0.1, -0.05) is 12.2 Å². The molecule has 0 spiro atoms. The SMILES string of the molecule is C=C(C)CN(C)c1ccc(CO)nn1. The second kappa shape index (κ2) is 4.72. The summed E-state index contributed by atoms with van der Waals surface area (Å²) in [6, 6.07) is 3.60. The van der Waals surface area contributed by atoms with Gasteiger partial charge in [-0.05, 0) is 19.1 Å². The molecule has 0 amide bonds. The second-order valence-electron chi connectivity index (χ2n) is 3.35. The molecular weight excluding hydrogens is 178 g/mol. The lowest BCUT2D eigenvalue weighted by Gasteiger charge is -2.17. The topological polar surface area (TPSA) is 49.2 Å². The highest BCUT2D eigenvalue weighted by Crippen LogP contribution is 2.08. The highest BCUT2D eigenvalue weighted by molar-refractivity contribution is 5.37.